The first-order chi connectivity index (χ1) is 8.15. The Hall–Kier alpha value is -1.60. The first-order valence-electron chi connectivity index (χ1n) is 4.80. The number of amidine groups is 1. The Labute approximate surface area is 106 Å². The van der Waals surface area contributed by atoms with Crippen molar-refractivity contribution in [1.82, 2.24) is 4.98 Å². The van der Waals surface area contributed by atoms with Crippen LogP contribution in [0.5, 0.6) is 0 Å². The van der Waals surface area contributed by atoms with Gasteiger partial charge in [-0.25, -0.2) is 4.98 Å². The summed E-state index contributed by atoms with van der Waals surface area (Å²) in [6.45, 7) is 0. The lowest BCUT2D eigenvalue weighted by atomic mass is 10.3. The number of aromatic nitrogens is 1. The molecule has 2 aromatic rings. The highest BCUT2D eigenvalue weighted by atomic mass is 32.2. The zero-order chi connectivity index (χ0) is 12.3. The second-order valence-corrected chi connectivity index (χ2v) is 5.29. The van der Waals surface area contributed by atoms with Crippen molar-refractivity contribution in [2.45, 2.75) is 5.75 Å². The number of aliphatic imine (C=N–C) groups is 1. The molecule has 0 aliphatic rings. The molecular formula is C10H11N5S2. The third-order valence-electron chi connectivity index (χ3n) is 1.90. The van der Waals surface area contributed by atoms with Gasteiger partial charge < -0.3 is 11.5 Å². The molecule has 0 saturated carbocycles. The van der Waals surface area contributed by atoms with Crippen molar-refractivity contribution in [2.75, 3.05) is 0 Å². The van der Waals surface area contributed by atoms with Gasteiger partial charge in [-0.1, -0.05) is 23.9 Å². The van der Waals surface area contributed by atoms with E-state index in [1.165, 1.54) is 11.8 Å². The van der Waals surface area contributed by atoms with E-state index in [0.717, 1.165) is 15.2 Å². The molecular weight excluding hydrogens is 254 g/mol. The van der Waals surface area contributed by atoms with Gasteiger partial charge in [-0.2, -0.15) is 4.99 Å². The first-order valence-corrected chi connectivity index (χ1v) is 6.61. The molecule has 5 N–H and O–H groups in total. The van der Waals surface area contributed by atoms with Crippen LogP contribution in [0, 0.1) is 5.41 Å². The van der Waals surface area contributed by atoms with Crippen LogP contribution < -0.4 is 11.5 Å². The topological polar surface area (TPSA) is 101 Å². The Balaban J connectivity index is 2.04. The summed E-state index contributed by atoms with van der Waals surface area (Å²) in [4.78, 5) is 8.10. The van der Waals surface area contributed by atoms with Crippen molar-refractivity contribution >= 4 is 44.4 Å². The lowest BCUT2D eigenvalue weighted by molar-refractivity contribution is 1.31. The molecule has 0 bridgehead atoms. The predicted octanol–water partition coefficient (Wildman–Crippen LogP) is 1.74. The number of rotatable bonds is 2. The van der Waals surface area contributed by atoms with Crippen LogP contribution in [-0.2, 0) is 5.75 Å². The van der Waals surface area contributed by atoms with Crippen molar-refractivity contribution in [1.29, 1.82) is 5.41 Å². The number of nitrogens with zero attached hydrogens (tertiary/aromatic N) is 2. The van der Waals surface area contributed by atoms with Crippen LogP contribution in [0.25, 0.3) is 10.2 Å². The number of thiazole rings is 1. The molecule has 1 aromatic heterocycles. The lowest BCUT2D eigenvalue weighted by Crippen LogP contribution is -2.23. The van der Waals surface area contributed by atoms with Crippen molar-refractivity contribution in [3.05, 3.63) is 29.3 Å². The standard InChI is InChI=1S/C10H11N5S2/c11-9(12)15-10(13)16-5-8-14-6-3-1-2-4-7(6)17-8/h1-4H,5H2,(H5,11,12,13,15). The number of nitrogens with two attached hydrogens (primary N) is 2. The highest BCUT2D eigenvalue weighted by Gasteiger charge is 2.04. The largest absolute Gasteiger partial charge is 0.370 e. The lowest BCUT2D eigenvalue weighted by Gasteiger charge is -1.95. The summed E-state index contributed by atoms with van der Waals surface area (Å²) >= 11 is 2.88. The monoisotopic (exact) mass is 265 g/mol. The van der Waals surface area contributed by atoms with Crippen LogP contribution in [0.3, 0.4) is 0 Å². The van der Waals surface area contributed by atoms with Gasteiger partial charge in [0.05, 0.1) is 16.0 Å². The molecule has 88 valence electrons. The summed E-state index contributed by atoms with van der Waals surface area (Å²) in [6.07, 6.45) is 0. The highest BCUT2D eigenvalue weighted by molar-refractivity contribution is 8.13. The van der Waals surface area contributed by atoms with E-state index in [0.29, 0.717) is 5.75 Å². The predicted molar refractivity (Wildman–Crippen MR) is 74.5 cm³/mol. The molecule has 0 radical (unpaired) electrons. The van der Waals surface area contributed by atoms with Gasteiger partial charge in [0, 0.05) is 0 Å². The second kappa shape index (κ2) is 5.15. The van der Waals surface area contributed by atoms with Crippen LogP contribution in [-0.4, -0.2) is 16.1 Å². The number of hydrogen-bond acceptors (Lipinski definition) is 4. The van der Waals surface area contributed by atoms with Crippen molar-refractivity contribution in [2.24, 2.45) is 16.5 Å². The summed E-state index contributed by atoms with van der Waals surface area (Å²) in [5.74, 6) is 0.515. The van der Waals surface area contributed by atoms with Crippen LogP contribution in [0.1, 0.15) is 5.01 Å². The summed E-state index contributed by atoms with van der Waals surface area (Å²) in [5, 5.41) is 8.56. The van der Waals surface area contributed by atoms with Gasteiger partial charge in [-0.15, -0.1) is 11.3 Å². The molecule has 1 aromatic carbocycles. The summed E-state index contributed by atoms with van der Waals surface area (Å²) in [5.41, 5.74) is 11.4. The van der Waals surface area contributed by atoms with Gasteiger partial charge in [-0.05, 0) is 12.1 Å². The molecule has 1 heterocycles. The summed E-state index contributed by atoms with van der Waals surface area (Å²) < 4.78 is 1.15. The number of hydrogen-bond donors (Lipinski definition) is 3. The number of guanidine groups is 1. The summed E-state index contributed by atoms with van der Waals surface area (Å²) in [6, 6.07) is 7.95. The average molecular weight is 265 g/mol. The second-order valence-electron chi connectivity index (χ2n) is 3.21. The average Bonchev–Trinajstić information content (AvgIpc) is 2.68. The van der Waals surface area contributed by atoms with Crippen molar-refractivity contribution in [3.63, 3.8) is 0 Å². The molecule has 0 fully saturated rings. The SMILES string of the molecule is N=C(N=C(N)N)SCc1nc2ccccc2s1. The molecule has 0 spiro atoms. The minimum Gasteiger partial charge on any atom is -0.370 e. The third-order valence-corrected chi connectivity index (χ3v) is 3.90. The Morgan fingerprint density at radius 1 is 1.41 bits per heavy atom. The quantitative estimate of drug-likeness (QED) is 0.568. The van der Waals surface area contributed by atoms with Gasteiger partial charge in [0.1, 0.15) is 5.01 Å². The van der Waals surface area contributed by atoms with E-state index < -0.39 is 0 Å². The fraction of sp³-hybridized carbons (Fsp3) is 0.100. The molecule has 7 heteroatoms. The summed E-state index contributed by atoms with van der Waals surface area (Å²) in [7, 11) is 0. The molecule has 17 heavy (non-hydrogen) atoms. The minimum atomic E-state index is -0.0909. The van der Waals surface area contributed by atoms with Crippen LogP contribution in [0.2, 0.25) is 0 Å². The van der Waals surface area contributed by atoms with Gasteiger partial charge in [0.2, 0.25) is 0 Å². The van der Waals surface area contributed by atoms with E-state index in [1.54, 1.807) is 11.3 Å². The maximum absolute atomic E-state index is 7.50. The molecule has 0 amide bonds. The first kappa shape index (κ1) is 11.9. The molecule has 5 nitrogen and oxygen atoms in total. The molecule has 0 aliphatic heterocycles. The zero-order valence-corrected chi connectivity index (χ0v) is 10.5. The maximum Gasteiger partial charge on any atom is 0.193 e. The van der Waals surface area contributed by atoms with Gasteiger partial charge in [0.25, 0.3) is 0 Å². The Kier molecular flexibility index (Phi) is 3.60. The van der Waals surface area contributed by atoms with Gasteiger partial charge in [-0.3, -0.25) is 5.41 Å². The Morgan fingerprint density at radius 2 is 2.18 bits per heavy atom. The van der Waals surface area contributed by atoms with Crippen molar-refractivity contribution < 1.29 is 0 Å². The normalized spacial score (nSPS) is 10.4. The minimum absolute atomic E-state index is 0.0909. The maximum atomic E-state index is 7.50. The third kappa shape index (κ3) is 3.18. The smallest absolute Gasteiger partial charge is 0.193 e. The number of para-hydroxylation sites is 1. The highest BCUT2D eigenvalue weighted by Crippen LogP contribution is 2.25. The molecule has 2 rings (SSSR count). The van der Waals surface area contributed by atoms with Crippen LogP contribution >= 0.6 is 23.1 Å². The number of thioether (sulfide) groups is 1. The van der Waals surface area contributed by atoms with Gasteiger partial charge >= 0.3 is 0 Å². The zero-order valence-electron chi connectivity index (χ0n) is 8.88. The van der Waals surface area contributed by atoms with E-state index in [1.807, 2.05) is 24.3 Å². The molecule has 0 unspecified atom stereocenters. The Bertz CT molecular complexity index is 538. The Morgan fingerprint density at radius 3 is 2.88 bits per heavy atom. The fourth-order valence-corrected chi connectivity index (χ4v) is 2.93. The van der Waals surface area contributed by atoms with E-state index in [9.17, 15) is 0 Å². The van der Waals surface area contributed by atoms with Gasteiger partial charge in [0.15, 0.2) is 11.1 Å². The van der Waals surface area contributed by atoms with E-state index in [-0.39, 0.29) is 11.1 Å². The van der Waals surface area contributed by atoms with Crippen molar-refractivity contribution in [3.8, 4) is 0 Å². The van der Waals surface area contributed by atoms with E-state index in [4.69, 9.17) is 16.9 Å². The number of benzene rings is 1. The molecule has 0 saturated heterocycles. The molecule has 0 aliphatic carbocycles. The van der Waals surface area contributed by atoms with E-state index in [2.05, 4.69) is 9.98 Å². The number of fused-ring (bicyclic) bond motifs is 1. The fourth-order valence-electron chi connectivity index (χ4n) is 1.26. The van der Waals surface area contributed by atoms with Crippen LogP contribution in [0.4, 0.5) is 0 Å². The number of nitrogens with one attached hydrogen (secondary N) is 1. The van der Waals surface area contributed by atoms with Crippen LogP contribution in [0.15, 0.2) is 29.3 Å². The molecule has 0 atom stereocenters. The van der Waals surface area contributed by atoms with E-state index >= 15 is 0 Å².